The number of rotatable bonds is 17. The third-order valence-corrected chi connectivity index (χ3v) is 2.33. The van der Waals surface area contributed by atoms with Crippen LogP contribution in [0.3, 0.4) is 0 Å². The van der Waals surface area contributed by atoms with E-state index in [0.717, 1.165) is 0 Å². The van der Waals surface area contributed by atoms with Crippen LogP contribution in [0.25, 0.3) is 0 Å². The van der Waals surface area contributed by atoms with E-state index in [2.05, 4.69) is 13.7 Å². The molecular formula is C12H24INO7. The van der Waals surface area contributed by atoms with Crippen LogP contribution in [0.5, 0.6) is 0 Å². The number of Topliss-reactive ketones (excluding diaryl/α,β-unsaturated/α-hetero) is 1. The lowest BCUT2D eigenvalue weighted by molar-refractivity contribution is -0.224. The molecule has 0 radical (unpaired) electrons. The molecule has 1 N–H and O–H groups in total. The lowest BCUT2D eigenvalue weighted by atomic mass is 10.3. The Hall–Kier alpha value is 0.120. The van der Waals surface area contributed by atoms with Crippen LogP contribution in [0.15, 0.2) is 0 Å². The van der Waals surface area contributed by atoms with Gasteiger partial charge in [-0.2, -0.15) is 5.48 Å². The molecule has 0 saturated carbocycles. The van der Waals surface area contributed by atoms with Crippen LogP contribution in [-0.4, -0.2) is 65.2 Å². The molecule has 0 aliphatic carbocycles. The third-order valence-electron chi connectivity index (χ3n) is 2.15. The van der Waals surface area contributed by atoms with Crippen molar-refractivity contribution in [3.63, 3.8) is 0 Å². The van der Waals surface area contributed by atoms with Gasteiger partial charge in [0.1, 0.15) is 5.78 Å². The van der Waals surface area contributed by atoms with Gasteiger partial charge in [0, 0.05) is 13.0 Å². The van der Waals surface area contributed by atoms with E-state index in [-0.39, 0.29) is 5.78 Å². The van der Waals surface area contributed by atoms with E-state index in [0.29, 0.717) is 65.8 Å². The summed E-state index contributed by atoms with van der Waals surface area (Å²) in [7, 11) is 0. The summed E-state index contributed by atoms with van der Waals surface area (Å²) in [6.07, 6.45) is 0.454. The van der Waals surface area contributed by atoms with Crippen LogP contribution in [0.2, 0.25) is 0 Å². The van der Waals surface area contributed by atoms with Crippen molar-refractivity contribution in [3.8, 4) is 0 Å². The Labute approximate surface area is 139 Å². The molecule has 9 heteroatoms. The van der Waals surface area contributed by atoms with Crippen LogP contribution < -0.4 is 5.48 Å². The summed E-state index contributed by atoms with van der Waals surface area (Å²) in [5.41, 5.74) is 2.53. The highest BCUT2D eigenvalue weighted by molar-refractivity contribution is 14.1. The predicted octanol–water partition coefficient (Wildman–Crippen LogP) is 0.835. The minimum Gasteiger partial charge on any atom is -0.379 e. The van der Waals surface area contributed by atoms with Crippen molar-refractivity contribution in [1.82, 2.24) is 5.48 Å². The molecule has 0 spiro atoms. The van der Waals surface area contributed by atoms with Crippen molar-refractivity contribution in [1.29, 1.82) is 0 Å². The fraction of sp³-hybridized carbons (Fsp3) is 0.917. The molecule has 0 saturated heterocycles. The Kier molecular flexibility index (Phi) is 18.3. The summed E-state index contributed by atoms with van der Waals surface area (Å²) in [6, 6.07) is 0. The van der Waals surface area contributed by atoms with Gasteiger partial charge in [0.15, 0.2) is 23.0 Å². The van der Waals surface area contributed by atoms with E-state index in [1.165, 1.54) is 0 Å². The lowest BCUT2D eigenvalue weighted by Gasteiger charge is -2.07. The number of hydroxylamine groups is 1. The van der Waals surface area contributed by atoms with Gasteiger partial charge < -0.3 is 18.9 Å². The first kappa shape index (κ1) is 21.1. The second kappa shape index (κ2) is 18.2. The highest BCUT2D eigenvalue weighted by Gasteiger charge is 1.95. The first-order valence-electron chi connectivity index (χ1n) is 6.75. The Morgan fingerprint density at radius 2 is 1.33 bits per heavy atom. The van der Waals surface area contributed by atoms with Crippen molar-refractivity contribution in [2.45, 2.75) is 13.3 Å². The van der Waals surface area contributed by atoms with E-state index in [4.69, 9.17) is 18.9 Å². The van der Waals surface area contributed by atoms with E-state index < -0.39 is 0 Å². The minimum atomic E-state index is 0.133. The Morgan fingerprint density at radius 1 is 0.857 bits per heavy atom. The van der Waals surface area contributed by atoms with Gasteiger partial charge in [-0.15, -0.1) is 8.21 Å². The highest BCUT2D eigenvalue weighted by atomic mass is 127. The van der Waals surface area contributed by atoms with Crippen molar-refractivity contribution >= 4 is 28.8 Å². The third kappa shape index (κ3) is 20.1. The number of halogens is 1. The summed E-state index contributed by atoms with van der Waals surface area (Å²) >= 11 is 1.61. The van der Waals surface area contributed by atoms with Gasteiger partial charge >= 0.3 is 0 Å². The zero-order valence-electron chi connectivity index (χ0n) is 12.3. The fourth-order valence-corrected chi connectivity index (χ4v) is 1.28. The SMILES string of the molecule is CC(=O)CCOCCOCCOCCOCCNOOI. The molecule has 0 amide bonds. The molecule has 8 nitrogen and oxygen atoms in total. The number of hydrogen-bond donors (Lipinski definition) is 1. The van der Waals surface area contributed by atoms with E-state index in [9.17, 15) is 4.79 Å². The molecule has 0 bridgehead atoms. The molecule has 0 unspecified atom stereocenters. The topological polar surface area (TPSA) is 84.5 Å². The molecular weight excluding hydrogens is 397 g/mol. The van der Waals surface area contributed by atoms with Crippen LogP contribution >= 0.6 is 23.0 Å². The zero-order valence-corrected chi connectivity index (χ0v) is 14.5. The lowest BCUT2D eigenvalue weighted by Crippen LogP contribution is -2.20. The number of nitrogens with one attached hydrogen (secondary N) is 1. The monoisotopic (exact) mass is 421 g/mol. The van der Waals surface area contributed by atoms with Crippen LogP contribution in [-0.2, 0) is 31.9 Å². The van der Waals surface area contributed by atoms with Gasteiger partial charge in [0.05, 0.1) is 52.9 Å². The van der Waals surface area contributed by atoms with Crippen LogP contribution in [0, 0.1) is 0 Å². The number of ether oxygens (including phenoxy) is 4. The minimum absolute atomic E-state index is 0.133. The zero-order chi connectivity index (χ0) is 15.6. The molecule has 0 heterocycles. The molecule has 0 fully saturated rings. The number of carbonyl (C=O) groups excluding carboxylic acids is 1. The molecule has 0 aromatic heterocycles. The highest BCUT2D eigenvalue weighted by Crippen LogP contribution is 1.86. The Morgan fingerprint density at radius 3 is 1.81 bits per heavy atom. The molecule has 0 rings (SSSR count). The molecule has 21 heavy (non-hydrogen) atoms. The normalized spacial score (nSPS) is 11.0. The van der Waals surface area contributed by atoms with Gasteiger partial charge in [-0.05, 0) is 6.92 Å². The van der Waals surface area contributed by atoms with Gasteiger partial charge in [-0.3, -0.25) is 4.79 Å². The fourth-order valence-electron chi connectivity index (χ4n) is 1.16. The number of hydrogen-bond acceptors (Lipinski definition) is 8. The number of carbonyl (C=O) groups is 1. The van der Waals surface area contributed by atoms with Gasteiger partial charge in [0.2, 0.25) is 0 Å². The van der Waals surface area contributed by atoms with Crippen molar-refractivity contribution < 1.29 is 31.9 Å². The second-order valence-electron chi connectivity index (χ2n) is 3.94. The molecule has 0 aromatic carbocycles. The van der Waals surface area contributed by atoms with Crippen molar-refractivity contribution in [2.24, 2.45) is 0 Å². The Bertz CT molecular complexity index is 234. The average Bonchev–Trinajstić information content (AvgIpc) is 2.46. The molecule has 0 aromatic rings. The van der Waals surface area contributed by atoms with E-state index in [1.54, 1.807) is 29.9 Å². The number of ketones is 1. The van der Waals surface area contributed by atoms with Crippen LogP contribution in [0.1, 0.15) is 13.3 Å². The van der Waals surface area contributed by atoms with Gasteiger partial charge in [-0.25, -0.2) is 0 Å². The van der Waals surface area contributed by atoms with Gasteiger partial charge in [0.25, 0.3) is 0 Å². The van der Waals surface area contributed by atoms with E-state index in [1.807, 2.05) is 0 Å². The summed E-state index contributed by atoms with van der Waals surface area (Å²) < 4.78 is 25.4. The first-order valence-corrected chi connectivity index (χ1v) is 7.63. The standard InChI is InChI=1S/C12H24INO7/c1-12(15)2-4-16-6-8-18-10-11-19-9-7-17-5-3-14-21-20-13/h14H,2-11H2,1H3. The van der Waals surface area contributed by atoms with Gasteiger partial charge in [-0.1, -0.05) is 0 Å². The smallest absolute Gasteiger partial charge is 0.157 e. The van der Waals surface area contributed by atoms with Crippen molar-refractivity contribution in [3.05, 3.63) is 0 Å². The average molecular weight is 421 g/mol. The van der Waals surface area contributed by atoms with Crippen molar-refractivity contribution in [2.75, 3.05) is 59.4 Å². The first-order chi connectivity index (χ1) is 10.3. The molecule has 126 valence electrons. The summed E-state index contributed by atoms with van der Waals surface area (Å²) in [5, 5.41) is 0. The quantitative estimate of drug-likeness (QED) is 0.160. The largest absolute Gasteiger partial charge is 0.379 e. The maximum absolute atomic E-state index is 10.6. The predicted molar refractivity (Wildman–Crippen MR) is 82.8 cm³/mol. The summed E-state index contributed by atoms with van der Waals surface area (Å²) in [4.78, 5) is 15.1. The summed E-state index contributed by atoms with van der Waals surface area (Å²) in [5.74, 6) is 0.133. The second-order valence-corrected chi connectivity index (χ2v) is 4.30. The Balaban J connectivity index is 2.95. The van der Waals surface area contributed by atoms with Crippen LogP contribution in [0.4, 0.5) is 0 Å². The maximum atomic E-state index is 10.6. The molecule has 0 atom stereocenters. The maximum Gasteiger partial charge on any atom is 0.157 e. The molecule has 0 aliphatic rings. The van der Waals surface area contributed by atoms with E-state index >= 15 is 0 Å². The molecule has 0 aliphatic heterocycles. The summed E-state index contributed by atoms with van der Waals surface area (Å²) in [6.45, 7) is 6.10.